The first-order valence-corrected chi connectivity index (χ1v) is 6.57. The molecule has 4 heteroatoms. The van der Waals surface area contributed by atoms with Crippen LogP contribution in [0.2, 0.25) is 0 Å². The first-order chi connectivity index (χ1) is 10.3. The molecule has 0 N–H and O–H groups in total. The minimum atomic E-state index is -0.274. The Balaban J connectivity index is 1.86. The van der Waals surface area contributed by atoms with Crippen molar-refractivity contribution >= 4 is 28.3 Å². The lowest BCUT2D eigenvalue weighted by molar-refractivity contribution is 0.0926. The molecule has 0 saturated heterocycles. The van der Waals surface area contributed by atoms with E-state index >= 15 is 0 Å². The minimum Gasteiger partial charge on any atom is -0.268 e. The summed E-state index contributed by atoms with van der Waals surface area (Å²) < 4.78 is 0. The zero-order chi connectivity index (χ0) is 14.4. The second-order valence-electron chi connectivity index (χ2n) is 4.90. The van der Waals surface area contributed by atoms with E-state index in [-0.39, 0.29) is 11.8 Å². The Morgan fingerprint density at radius 2 is 1.52 bits per heavy atom. The maximum Gasteiger partial charge on any atom is 0.266 e. The van der Waals surface area contributed by atoms with Gasteiger partial charge in [0.25, 0.3) is 11.8 Å². The maximum absolute atomic E-state index is 12.4. The van der Waals surface area contributed by atoms with Gasteiger partial charge in [0.05, 0.1) is 16.8 Å². The zero-order valence-corrected chi connectivity index (χ0v) is 11.0. The Hall–Kier alpha value is -3.01. The van der Waals surface area contributed by atoms with Gasteiger partial charge in [0.2, 0.25) is 0 Å². The van der Waals surface area contributed by atoms with Crippen molar-refractivity contribution in [2.75, 3.05) is 4.90 Å². The van der Waals surface area contributed by atoms with Gasteiger partial charge in [0.15, 0.2) is 0 Å². The van der Waals surface area contributed by atoms with E-state index in [0.29, 0.717) is 16.8 Å². The summed E-state index contributed by atoms with van der Waals surface area (Å²) in [5.74, 6) is -0.548. The highest BCUT2D eigenvalue weighted by molar-refractivity contribution is 6.34. The number of hydrogen-bond donors (Lipinski definition) is 0. The Kier molecular flexibility index (Phi) is 2.38. The highest BCUT2D eigenvalue weighted by Crippen LogP contribution is 2.30. The molecule has 2 amide bonds. The second-order valence-corrected chi connectivity index (χ2v) is 4.90. The average molecular weight is 274 g/mol. The van der Waals surface area contributed by atoms with Crippen LogP contribution < -0.4 is 4.90 Å². The van der Waals surface area contributed by atoms with Gasteiger partial charge in [0.1, 0.15) is 0 Å². The fourth-order valence-corrected chi connectivity index (χ4v) is 2.63. The van der Waals surface area contributed by atoms with Gasteiger partial charge >= 0.3 is 0 Å². The smallest absolute Gasteiger partial charge is 0.266 e. The fourth-order valence-electron chi connectivity index (χ4n) is 2.63. The summed E-state index contributed by atoms with van der Waals surface area (Å²) >= 11 is 0. The number of rotatable bonds is 1. The fraction of sp³-hybridized carbons (Fsp3) is 0. The molecule has 4 nitrogen and oxygen atoms in total. The number of hydrogen-bond acceptors (Lipinski definition) is 3. The molecule has 3 aromatic rings. The summed E-state index contributed by atoms with van der Waals surface area (Å²) in [5.41, 5.74) is 1.49. The van der Waals surface area contributed by atoms with E-state index in [1.54, 1.807) is 42.7 Å². The van der Waals surface area contributed by atoms with Crippen LogP contribution in [0.1, 0.15) is 20.7 Å². The predicted octanol–water partition coefficient (Wildman–Crippen LogP) is 3.04. The van der Waals surface area contributed by atoms with Crippen LogP contribution >= 0.6 is 0 Å². The van der Waals surface area contributed by atoms with E-state index in [2.05, 4.69) is 4.98 Å². The van der Waals surface area contributed by atoms with Crippen LogP contribution in [0, 0.1) is 0 Å². The topological polar surface area (TPSA) is 50.3 Å². The number of carbonyl (C=O) groups excluding carboxylic acids is 2. The summed E-state index contributed by atoms with van der Waals surface area (Å²) in [5, 5.41) is 1.91. The first kappa shape index (κ1) is 11.8. The van der Waals surface area contributed by atoms with Crippen molar-refractivity contribution in [2.45, 2.75) is 0 Å². The molecule has 0 aliphatic carbocycles. The Morgan fingerprint density at radius 1 is 0.810 bits per heavy atom. The summed E-state index contributed by atoms with van der Waals surface area (Å²) in [6.45, 7) is 0. The van der Waals surface area contributed by atoms with E-state index in [4.69, 9.17) is 0 Å². The number of aromatic nitrogens is 1. The molecule has 0 atom stereocenters. The third kappa shape index (κ3) is 1.66. The third-order valence-corrected chi connectivity index (χ3v) is 3.68. The number of carbonyl (C=O) groups is 2. The van der Waals surface area contributed by atoms with Crippen LogP contribution in [0.15, 0.2) is 60.9 Å². The monoisotopic (exact) mass is 274 g/mol. The molecule has 1 aliphatic rings. The van der Waals surface area contributed by atoms with Crippen LogP contribution in [0.5, 0.6) is 0 Å². The largest absolute Gasteiger partial charge is 0.268 e. The lowest BCUT2D eigenvalue weighted by atomic mass is 10.1. The van der Waals surface area contributed by atoms with Crippen LogP contribution in [-0.4, -0.2) is 16.8 Å². The van der Waals surface area contributed by atoms with Crippen molar-refractivity contribution in [3.63, 3.8) is 0 Å². The first-order valence-electron chi connectivity index (χ1n) is 6.57. The van der Waals surface area contributed by atoms with Gasteiger partial charge in [-0.05, 0) is 35.7 Å². The molecule has 2 aromatic carbocycles. The normalized spacial score (nSPS) is 13.8. The van der Waals surface area contributed by atoms with Crippen molar-refractivity contribution in [2.24, 2.45) is 0 Å². The Labute approximate surface area is 120 Å². The van der Waals surface area contributed by atoms with Gasteiger partial charge in [-0.15, -0.1) is 0 Å². The van der Waals surface area contributed by atoms with Gasteiger partial charge in [-0.3, -0.25) is 14.6 Å². The number of benzene rings is 2. The highest BCUT2D eigenvalue weighted by atomic mass is 16.2. The molecule has 1 aliphatic heterocycles. The third-order valence-electron chi connectivity index (χ3n) is 3.68. The molecule has 2 heterocycles. The molecule has 0 fully saturated rings. The quantitative estimate of drug-likeness (QED) is 0.641. The molecule has 0 saturated carbocycles. The van der Waals surface area contributed by atoms with Gasteiger partial charge in [0, 0.05) is 17.8 Å². The number of imide groups is 1. The standard InChI is InChI=1S/C17H10N2O2/c20-16-14-3-1-2-4-15(14)17(21)19(16)13-6-5-12-10-18-8-7-11(12)9-13/h1-10H. The zero-order valence-electron chi connectivity index (χ0n) is 11.0. The molecular formula is C17H10N2O2. The number of nitrogens with zero attached hydrogens (tertiary/aromatic N) is 2. The van der Waals surface area contributed by atoms with E-state index in [1.807, 2.05) is 18.2 Å². The summed E-state index contributed by atoms with van der Waals surface area (Å²) in [4.78, 5) is 30.2. The van der Waals surface area contributed by atoms with Crippen molar-refractivity contribution in [3.05, 3.63) is 72.1 Å². The van der Waals surface area contributed by atoms with E-state index in [1.165, 1.54) is 4.90 Å². The van der Waals surface area contributed by atoms with Crippen molar-refractivity contribution in [1.82, 2.24) is 4.98 Å². The van der Waals surface area contributed by atoms with Crippen molar-refractivity contribution < 1.29 is 9.59 Å². The predicted molar refractivity (Wildman–Crippen MR) is 79.3 cm³/mol. The van der Waals surface area contributed by atoms with E-state index in [0.717, 1.165) is 10.8 Å². The van der Waals surface area contributed by atoms with Gasteiger partial charge in [-0.2, -0.15) is 0 Å². The molecule has 0 radical (unpaired) electrons. The number of amides is 2. The highest BCUT2D eigenvalue weighted by Gasteiger charge is 2.36. The number of fused-ring (bicyclic) bond motifs is 2. The van der Waals surface area contributed by atoms with Crippen LogP contribution in [0.3, 0.4) is 0 Å². The van der Waals surface area contributed by atoms with E-state index < -0.39 is 0 Å². The molecule has 1 aromatic heterocycles. The molecule has 0 spiro atoms. The van der Waals surface area contributed by atoms with Gasteiger partial charge in [-0.1, -0.05) is 18.2 Å². The summed E-state index contributed by atoms with van der Waals surface area (Å²) in [7, 11) is 0. The molecule has 4 rings (SSSR count). The van der Waals surface area contributed by atoms with Gasteiger partial charge < -0.3 is 0 Å². The lowest BCUT2D eigenvalue weighted by Crippen LogP contribution is -2.29. The number of pyridine rings is 1. The summed E-state index contributed by atoms with van der Waals surface area (Å²) in [6.07, 6.45) is 3.44. The SMILES string of the molecule is O=C1c2ccccc2C(=O)N1c1ccc2cnccc2c1. The van der Waals surface area contributed by atoms with Gasteiger partial charge in [-0.25, -0.2) is 4.90 Å². The molecule has 21 heavy (non-hydrogen) atoms. The van der Waals surface area contributed by atoms with Crippen molar-refractivity contribution in [1.29, 1.82) is 0 Å². The second kappa shape index (κ2) is 4.24. The van der Waals surface area contributed by atoms with Crippen molar-refractivity contribution in [3.8, 4) is 0 Å². The molecule has 0 unspecified atom stereocenters. The van der Waals surface area contributed by atoms with Crippen LogP contribution in [0.25, 0.3) is 10.8 Å². The molecular weight excluding hydrogens is 264 g/mol. The number of anilines is 1. The van der Waals surface area contributed by atoms with Crippen LogP contribution in [-0.2, 0) is 0 Å². The Bertz CT molecular complexity index is 867. The average Bonchev–Trinajstić information content (AvgIpc) is 2.79. The molecule has 100 valence electrons. The lowest BCUT2D eigenvalue weighted by Gasteiger charge is -2.14. The molecule has 0 bridgehead atoms. The maximum atomic E-state index is 12.4. The van der Waals surface area contributed by atoms with Crippen LogP contribution in [0.4, 0.5) is 5.69 Å². The Morgan fingerprint density at radius 3 is 2.24 bits per heavy atom. The summed E-state index contributed by atoms with van der Waals surface area (Å²) in [6, 6.07) is 14.2. The minimum absolute atomic E-state index is 0.274. The van der Waals surface area contributed by atoms with E-state index in [9.17, 15) is 9.59 Å².